The fourth-order valence-electron chi connectivity index (χ4n) is 1.76. The Kier molecular flexibility index (Phi) is 3.67. The summed E-state index contributed by atoms with van der Waals surface area (Å²) in [7, 11) is 0. The molecule has 0 saturated heterocycles. The van der Waals surface area contributed by atoms with Crippen LogP contribution in [0, 0.1) is 0 Å². The largest absolute Gasteiger partial charge is 0.472 e. The highest BCUT2D eigenvalue weighted by atomic mass is 32.1. The number of amides is 2. The maximum Gasteiger partial charge on any atom is 0.270 e. The van der Waals surface area contributed by atoms with Crippen LogP contribution in [-0.4, -0.2) is 21.8 Å². The van der Waals surface area contributed by atoms with Crippen LogP contribution in [0.5, 0.6) is 0 Å². The SMILES string of the molecule is NC(=O)c1nc(-c2ccncc2)sc1NC(=O)c1ccoc1. The Bertz CT molecular complexity index is 812. The van der Waals surface area contributed by atoms with Gasteiger partial charge in [0.05, 0.1) is 11.8 Å². The molecule has 110 valence electrons. The number of primary amides is 1. The van der Waals surface area contributed by atoms with E-state index in [0.717, 1.165) is 16.9 Å². The zero-order valence-corrected chi connectivity index (χ0v) is 12.0. The molecule has 0 aliphatic carbocycles. The van der Waals surface area contributed by atoms with Crippen LogP contribution >= 0.6 is 11.3 Å². The molecule has 0 aliphatic rings. The second-order valence-electron chi connectivity index (χ2n) is 4.26. The third-order valence-electron chi connectivity index (χ3n) is 2.80. The first kappa shape index (κ1) is 14.0. The molecular weight excluding hydrogens is 304 g/mol. The number of hydrogen-bond acceptors (Lipinski definition) is 6. The number of carbonyl (C=O) groups is 2. The molecule has 3 aromatic rings. The lowest BCUT2D eigenvalue weighted by atomic mass is 10.3. The molecule has 0 unspecified atom stereocenters. The summed E-state index contributed by atoms with van der Waals surface area (Å²) in [6, 6.07) is 5.03. The zero-order chi connectivity index (χ0) is 15.5. The molecule has 8 heteroatoms. The standard InChI is InChI=1S/C14H10N4O3S/c15-11(19)10-14(18-12(20)9-3-6-21-7-9)22-13(17-10)8-1-4-16-5-2-8/h1-7H,(H2,15,19)(H,18,20). The van der Waals surface area contributed by atoms with Crippen LogP contribution in [-0.2, 0) is 0 Å². The Morgan fingerprint density at radius 3 is 2.64 bits per heavy atom. The first-order valence-corrected chi connectivity index (χ1v) is 7.01. The number of rotatable bonds is 4. The molecule has 0 aliphatic heterocycles. The summed E-state index contributed by atoms with van der Waals surface area (Å²) in [5.74, 6) is -1.11. The fraction of sp³-hybridized carbons (Fsp3) is 0. The monoisotopic (exact) mass is 314 g/mol. The van der Waals surface area contributed by atoms with Crippen molar-refractivity contribution in [2.45, 2.75) is 0 Å². The summed E-state index contributed by atoms with van der Waals surface area (Å²) in [5, 5.41) is 3.49. The van der Waals surface area contributed by atoms with Gasteiger partial charge in [-0.15, -0.1) is 0 Å². The fourth-order valence-corrected chi connectivity index (χ4v) is 2.73. The van der Waals surface area contributed by atoms with Crippen LogP contribution in [0.15, 0.2) is 47.5 Å². The minimum Gasteiger partial charge on any atom is -0.472 e. The van der Waals surface area contributed by atoms with E-state index in [1.807, 2.05) is 0 Å². The summed E-state index contributed by atoms with van der Waals surface area (Å²) >= 11 is 1.16. The molecule has 22 heavy (non-hydrogen) atoms. The van der Waals surface area contributed by atoms with Gasteiger partial charge in [0.25, 0.3) is 11.8 Å². The highest BCUT2D eigenvalue weighted by Gasteiger charge is 2.19. The Hall–Kier alpha value is -3.00. The molecule has 7 nitrogen and oxygen atoms in total. The second kappa shape index (κ2) is 5.78. The van der Waals surface area contributed by atoms with E-state index in [0.29, 0.717) is 15.6 Å². The summed E-state index contributed by atoms with van der Waals surface area (Å²) in [6.07, 6.45) is 5.93. The molecule has 3 N–H and O–H groups in total. The van der Waals surface area contributed by atoms with Gasteiger partial charge in [0.1, 0.15) is 16.3 Å². The van der Waals surface area contributed by atoms with Crippen molar-refractivity contribution in [3.05, 3.63) is 54.4 Å². The molecule has 3 heterocycles. The average molecular weight is 314 g/mol. The smallest absolute Gasteiger partial charge is 0.270 e. The van der Waals surface area contributed by atoms with Crippen LogP contribution < -0.4 is 11.1 Å². The van der Waals surface area contributed by atoms with Gasteiger partial charge in [-0.05, 0) is 18.2 Å². The first-order valence-electron chi connectivity index (χ1n) is 6.19. The number of nitrogens with two attached hydrogens (primary N) is 1. The van der Waals surface area contributed by atoms with Crippen molar-refractivity contribution in [2.24, 2.45) is 5.73 Å². The molecule has 2 amide bonds. The molecule has 0 bridgehead atoms. The second-order valence-corrected chi connectivity index (χ2v) is 5.26. The van der Waals surface area contributed by atoms with Gasteiger partial charge in [0.2, 0.25) is 0 Å². The number of nitrogens with one attached hydrogen (secondary N) is 1. The minimum atomic E-state index is -0.709. The number of hydrogen-bond donors (Lipinski definition) is 2. The lowest BCUT2D eigenvalue weighted by Crippen LogP contribution is -2.17. The number of furan rings is 1. The number of aromatic nitrogens is 2. The summed E-state index contributed by atoms with van der Waals surface area (Å²) < 4.78 is 4.85. The topological polar surface area (TPSA) is 111 Å². The van der Waals surface area contributed by atoms with Gasteiger partial charge in [-0.25, -0.2) is 4.98 Å². The predicted octanol–water partition coefficient (Wildman–Crippen LogP) is 2.15. The van der Waals surface area contributed by atoms with Crippen molar-refractivity contribution < 1.29 is 14.0 Å². The zero-order valence-electron chi connectivity index (χ0n) is 11.1. The number of thiazole rings is 1. The van der Waals surface area contributed by atoms with Gasteiger partial charge >= 0.3 is 0 Å². The van der Waals surface area contributed by atoms with Gasteiger partial charge in [-0.3, -0.25) is 14.6 Å². The lowest BCUT2D eigenvalue weighted by Gasteiger charge is -2.00. The summed E-state index contributed by atoms with van der Waals surface area (Å²) in [5.41, 5.74) is 6.47. The van der Waals surface area contributed by atoms with Crippen LogP contribution in [0.25, 0.3) is 10.6 Å². The van der Waals surface area contributed by atoms with Crippen LogP contribution in [0.1, 0.15) is 20.8 Å². The maximum atomic E-state index is 12.0. The summed E-state index contributed by atoms with van der Waals surface area (Å²) in [4.78, 5) is 31.7. The van der Waals surface area contributed by atoms with Crippen LogP contribution in [0.4, 0.5) is 5.00 Å². The molecule has 3 aromatic heterocycles. The van der Waals surface area contributed by atoms with E-state index in [2.05, 4.69) is 15.3 Å². The van der Waals surface area contributed by atoms with E-state index in [9.17, 15) is 9.59 Å². The van der Waals surface area contributed by atoms with Gasteiger partial charge in [0, 0.05) is 18.0 Å². The third kappa shape index (κ3) is 2.72. The van der Waals surface area contributed by atoms with Gasteiger partial charge in [-0.1, -0.05) is 11.3 Å². The normalized spacial score (nSPS) is 10.4. The molecule has 3 rings (SSSR count). The quantitative estimate of drug-likeness (QED) is 0.766. The number of nitrogens with zero attached hydrogens (tertiary/aromatic N) is 2. The van der Waals surface area contributed by atoms with Crippen molar-refractivity contribution in [1.29, 1.82) is 0 Å². The number of carbonyl (C=O) groups excluding carboxylic acids is 2. The average Bonchev–Trinajstić information content (AvgIpc) is 3.17. The lowest BCUT2D eigenvalue weighted by molar-refractivity contribution is 0.0997. The maximum absolute atomic E-state index is 12.0. The van der Waals surface area contributed by atoms with Crippen molar-refractivity contribution in [3.63, 3.8) is 0 Å². The van der Waals surface area contributed by atoms with Crippen molar-refractivity contribution in [1.82, 2.24) is 9.97 Å². The molecule has 0 radical (unpaired) electrons. The van der Waals surface area contributed by atoms with E-state index in [1.165, 1.54) is 18.6 Å². The molecular formula is C14H10N4O3S. The Labute approximate surface area is 128 Å². The Balaban J connectivity index is 1.95. The van der Waals surface area contributed by atoms with Crippen molar-refractivity contribution in [3.8, 4) is 10.6 Å². The van der Waals surface area contributed by atoms with Gasteiger partial charge < -0.3 is 15.5 Å². The van der Waals surface area contributed by atoms with E-state index in [4.69, 9.17) is 10.2 Å². The minimum absolute atomic E-state index is 0.0219. The molecule has 0 aromatic carbocycles. The predicted molar refractivity (Wildman–Crippen MR) is 80.5 cm³/mol. The van der Waals surface area contributed by atoms with E-state index in [1.54, 1.807) is 24.5 Å². The van der Waals surface area contributed by atoms with Gasteiger partial charge in [0.15, 0.2) is 5.69 Å². The van der Waals surface area contributed by atoms with E-state index in [-0.39, 0.29) is 5.69 Å². The van der Waals surface area contributed by atoms with Crippen LogP contribution in [0.2, 0.25) is 0 Å². The molecule has 0 atom stereocenters. The van der Waals surface area contributed by atoms with Gasteiger partial charge in [-0.2, -0.15) is 0 Å². The third-order valence-corrected chi connectivity index (χ3v) is 3.82. The summed E-state index contributed by atoms with van der Waals surface area (Å²) in [6.45, 7) is 0. The van der Waals surface area contributed by atoms with Crippen molar-refractivity contribution >= 4 is 28.2 Å². The first-order chi connectivity index (χ1) is 10.6. The Morgan fingerprint density at radius 2 is 2.00 bits per heavy atom. The number of pyridine rings is 1. The highest BCUT2D eigenvalue weighted by molar-refractivity contribution is 7.19. The molecule has 0 spiro atoms. The van der Waals surface area contributed by atoms with Crippen molar-refractivity contribution in [2.75, 3.05) is 5.32 Å². The molecule has 0 fully saturated rings. The number of anilines is 1. The highest BCUT2D eigenvalue weighted by Crippen LogP contribution is 2.32. The van der Waals surface area contributed by atoms with E-state index >= 15 is 0 Å². The molecule has 0 saturated carbocycles. The van der Waals surface area contributed by atoms with Crippen LogP contribution in [0.3, 0.4) is 0 Å². The van der Waals surface area contributed by atoms with E-state index < -0.39 is 11.8 Å². The Morgan fingerprint density at radius 1 is 1.23 bits per heavy atom.